The number of methoxy groups -OCH3 is 1. The molecule has 1 rings (SSSR count). The second-order valence-corrected chi connectivity index (χ2v) is 5.29. The highest BCUT2D eigenvalue weighted by Crippen LogP contribution is 2.18. The van der Waals surface area contributed by atoms with Crippen molar-refractivity contribution < 1.29 is 24.2 Å². The highest BCUT2D eigenvalue weighted by atomic mass is 16.5. The zero-order valence-corrected chi connectivity index (χ0v) is 12.1. The molecule has 1 unspecified atom stereocenters. The number of carboxylic acid groups (broad SMARTS) is 1. The molecule has 7 heteroatoms. The summed E-state index contributed by atoms with van der Waals surface area (Å²) >= 11 is 0. The van der Waals surface area contributed by atoms with E-state index in [0.29, 0.717) is 25.9 Å². The number of esters is 1. The van der Waals surface area contributed by atoms with Gasteiger partial charge in [-0.3, -0.25) is 4.79 Å². The van der Waals surface area contributed by atoms with Crippen LogP contribution in [-0.4, -0.2) is 54.2 Å². The fraction of sp³-hybridized carbons (Fsp3) is 0.769. The van der Waals surface area contributed by atoms with Crippen LogP contribution in [0.15, 0.2) is 0 Å². The van der Waals surface area contributed by atoms with Crippen molar-refractivity contribution in [3.8, 4) is 0 Å². The number of hydrogen-bond acceptors (Lipinski definition) is 4. The molecule has 0 aromatic rings. The number of amides is 2. The van der Waals surface area contributed by atoms with Crippen molar-refractivity contribution >= 4 is 18.0 Å². The normalized spacial score (nSPS) is 17.7. The van der Waals surface area contributed by atoms with Gasteiger partial charge < -0.3 is 20.1 Å². The van der Waals surface area contributed by atoms with Crippen LogP contribution in [0.2, 0.25) is 0 Å². The number of nitrogens with one attached hydrogen (secondary N) is 1. The van der Waals surface area contributed by atoms with Gasteiger partial charge in [0.1, 0.15) is 6.04 Å². The van der Waals surface area contributed by atoms with Crippen LogP contribution < -0.4 is 5.32 Å². The molecule has 20 heavy (non-hydrogen) atoms. The van der Waals surface area contributed by atoms with Crippen LogP contribution in [0.4, 0.5) is 4.79 Å². The number of carbonyl (C=O) groups is 3. The molecular weight excluding hydrogens is 264 g/mol. The van der Waals surface area contributed by atoms with E-state index in [0.717, 1.165) is 0 Å². The van der Waals surface area contributed by atoms with Gasteiger partial charge in [-0.25, -0.2) is 9.59 Å². The summed E-state index contributed by atoms with van der Waals surface area (Å²) in [6.45, 7) is 4.33. The number of piperidine rings is 1. The van der Waals surface area contributed by atoms with E-state index in [1.165, 1.54) is 12.0 Å². The van der Waals surface area contributed by atoms with E-state index in [4.69, 9.17) is 5.11 Å². The Balaban J connectivity index is 2.50. The molecule has 0 bridgehead atoms. The summed E-state index contributed by atoms with van der Waals surface area (Å²) in [7, 11) is 1.35. The van der Waals surface area contributed by atoms with Crippen molar-refractivity contribution in [2.45, 2.75) is 32.7 Å². The van der Waals surface area contributed by atoms with Gasteiger partial charge in [0.2, 0.25) is 0 Å². The largest absolute Gasteiger partial charge is 0.480 e. The average molecular weight is 286 g/mol. The monoisotopic (exact) mass is 286 g/mol. The first kappa shape index (κ1) is 16.3. The SMILES string of the molecule is COC(=O)C1CCN(C(=O)NC(C(=O)O)C(C)C)CC1. The molecule has 2 N–H and O–H groups in total. The van der Waals surface area contributed by atoms with E-state index in [-0.39, 0.29) is 17.8 Å². The van der Waals surface area contributed by atoms with E-state index >= 15 is 0 Å². The van der Waals surface area contributed by atoms with Crippen molar-refractivity contribution in [2.75, 3.05) is 20.2 Å². The predicted octanol–water partition coefficient (Wildman–Crippen LogP) is 0.690. The second-order valence-electron chi connectivity index (χ2n) is 5.29. The summed E-state index contributed by atoms with van der Waals surface area (Å²) in [4.78, 5) is 36.0. The first-order valence-corrected chi connectivity index (χ1v) is 6.72. The van der Waals surface area contributed by atoms with Crippen LogP contribution in [0.5, 0.6) is 0 Å². The number of rotatable bonds is 4. The molecule has 1 aliphatic rings. The lowest BCUT2D eigenvalue weighted by atomic mass is 9.97. The van der Waals surface area contributed by atoms with E-state index in [9.17, 15) is 14.4 Å². The summed E-state index contributed by atoms with van der Waals surface area (Å²) in [5.74, 6) is -1.66. The third-order valence-electron chi connectivity index (χ3n) is 3.53. The van der Waals surface area contributed by atoms with Crippen LogP contribution >= 0.6 is 0 Å². The van der Waals surface area contributed by atoms with Crippen molar-refractivity contribution in [2.24, 2.45) is 11.8 Å². The summed E-state index contributed by atoms with van der Waals surface area (Å²) in [6, 6.07) is -1.30. The van der Waals surface area contributed by atoms with Crippen LogP contribution in [0, 0.1) is 11.8 Å². The fourth-order valence-electron chi connectivity index (χ4n) is 2.22. The maximum absolute atomic E-state index is 12.0. The first-order chi connectivity index (χ1) is 9.36. The number of ether oxygens (including phenoxy) is 1. The molecule has 7 nitrogen and oxygen atoms in total. The minimum Gasteiger partial charge on any atom is -0.480 e. The number of urea groups is 1. The Morgan fingerprint density at radius 3 is 2.20 bits per heavy atom. The Hall–Kier alpha value is -1.79. The summed E-state index contributed by atoms with van der Waals surface area (Å²) < 4.78 is 4.68. The minimum atomic E-state index is -1.04. The molecule has 0 aromatic heterocycles. The number of likely N-dealkylation sites (tertiary alicyclic amines) is 1. The van der Waals surface area contributed by atoms with Crippen LogP contribution in [0.3, 0.4) is 0 Å². The summed E-state index contributed by atoms with van der Waals surface area (Å²) in [5, 5.41) is 11.6. The average Bonchev–Trinajstić information content (AvgIpc) is 2.43. The van der Waals surface area contributed by atoms with Crippen LogP contribution in [0.25, 0.3) is 0 Å². The standard InChI is InChI=1S/C13H22N2O5/c1-8(2)10(11(16)17)14-13(19)15-6-4-9(5-7-15)12(18)20-3/h8-10H,4-7H2,1-3H3,(H,14,19)(H,16,17). The van der Waals surface area contributed by atoms with Gasteiger partial charge in [0, 0.05) is 13.1 Å². The number of aliphatic carboxylic acids is 1. The maximum atomic E-state index is 12.0. The van der Waals surface area contributed by atoms with Crippen molar-refractivity contribution in [3.63, 3.8) is 0 Å². The Kier molecular flexibility index (Phi) is 5.79. The smallest absolute Gasteiger partial charge is 0.326 e. The molecule has 0 aromatic carbocycles. The zero-order valence-electron chi connectivity index (χ0n) is 12.1. The number of hydrogen-bond donors (Lipinski definition) is 2. The van der Waals surface area contributed by atoms with E-state index < -0.39 is 18.0 Å². The lowest BCUT2D eigenvalue weighted by Gasteiger charge is -2.32. The number of carbonyl (C=O) groups excluding carboxylic acids is 2. The molecule has 1 heterocycles. The van der Waals surface area contributed by atoms with Gasteiger partial charge in [0.05, 0.1) is 13.0 Å². The molecule has 0 spiro atoms. The molecule has 114 valence electrons. The molecular formula is C13H22N2O5. The van der Waals surface area contributed by atoms with Gasteiger partial charge in [0.15, 0.2) is 0 Å². The summed E-state index contributed by atoms with van der Waals surface area (Å²) in [5.41, 5.74) is 0. The second kappa shape index (κ2) is 7.12. The Morgan fingerprint density at radius 1 is 1.25 bits per heavy atom. The van der Waals surface area contributed by atoms with Gasteiger partial charge in [-0.2, -0.15) is 0 Å². The van der Waals surface area contributed by atoms with Gasteiger partial charge >= 0.3 is 18.0 Å². The van der Waals surface area contributed by atoms with Crippen molar-refractivity contribution in [1.29, 1.82) is 0 Å². The number of carboxylic acids is 1. The molecule has 1 aliphatic heterocycles. The molecule has 0 aliphatic carbocycles. The van der Waals surface area contributed by atoms with E-state index in [1.54, 1.807) is 13.8 Å². The van der Waals surface area contributed by atoms with E-state index in [2.05, 4.69) is 10.1 Å². The molecule has 1 atom stereocenters. The van der Waals surface area contributed by atoms with Crippen LogP contribution in [0.1, 0.15) is 26.7 Å². The van der Waals surface area contributed by atoms with Crippen LogP contribution in [-0.2, 0) is 14.3 Å². The molecule has 0 saturated carbocycles. The molecule has 2 amide bonds. The number of nitrogens with zero attached hydrogens (tertiary/aromatic N) is 1. The van der Waals surface area contributed by atoms with E-state index in [1.807, 2.05) is 0 Å². The fourth-order valence-corrected chi connectivity index (χ4v) is 2.22. The lowest BCUT2D eigenvalue weighted by molar-refractivity contribution is -0.146. The highest BCUT2D eigenvalue weighted by Gasteiger charge is 2.30. The maximum Gasteiger partial charge on any atom is 0.326 e. The predicted molar refractivity (Wildman–Crippen MR) is 71.1 cm³/mol. The lowest BCUT2D eigenvalue weighted by Crippen LogP contribution is -2.52. The van der Waals surface area contributed by atoms with Gasteiger partial charge in [-0.1, -0.05) is 13.8 Å². The first-order valence-electron chi connectivity index (χ1n) is 6.72. The summed E-state index contributed by atoms with van der Waals surface area (Å²) in [6.07, 6.45) is 1.08. The topological polar surface area (TPSA) is 95.9 Å². The van der Waals surface area contributed by atoms with Crippen molar-refractivity contribution in [1.82, 2.24) is 10.2 Å². The minimum absolute atomic E-state index is 0.176. The van der Waals surface area contributed by atoms with Gasteiger partial charge in [-0.15, -0.1) is 0 Å². The van der Waals surface area contributed by atoms with Gasteiger partial charge in [-0.05, 0) is 18.8 Å². The highest BCUT2D eigenvalue weighted by molar-refractivity contribution is 5.83. The Bertz CT molecular complexity index is 375. The Morgan fingerprint density at radius 2 is 1.80 bits per heavy atom. The van der Waals surface area contributed by atoms with Gasteiger partial charge in [0.25, 0.3) is 0 Å². The quantitative estimate of drug-likeness (QED) is 0.741. The molecule has 1 saturated heterocycles. The third kappa shape index (κ3) is 4.11. The third-order valence-corrected chi connectivity index (χ3v) is 3.53. The molecule has 1 fully saturated rings. The van der Waals surface area contributed by atoms with Crippen molar-refractivity contribution in [3.05, 3.63) is 0 Å². The molecule has 0 radical (unpaired) electrons. The zero-order chi connectivity index (χ0) is 15.3. The Labute approximate surface area is 118 Å².